The van der Waals surface area contributed by atoms with Gasteiger partial charge >= 0.3 is 0 Å². The van der Waals surface area contributed by atoms with Crippen molar-refractivity contribution in [2.24, 2.45) is 17.3 Å². The zero-order valence-corrected chi connectivity index (χ0v) is 18.0. The molecule has 4 aliphatic carbocycles. The number of sulfonamides is 1. The van der Waals surface area contributed by atoms with Gasteiger partial charge in [0.1, 0.15) is 0 Å². The van der Waals surface area contributed by atoms with Crippen molar-refractivity contribution in [1.82, 2.24) is 0 Å². The molecule has 0 aromatic heterocycles. The Hall–Kier alpha value is -2.34. The first kappa shape index (κ1) is 19.6. The molecule has 4 fully saturated rings. The third kappa shape index (κ3) is 3.51. The van der Waals surface area contributed by atoms with Crippen molar-refractivity contribution in [3.63, 3.8) is 0 Å². The van der Waals surface area contributed by atoms with Gasteiger partial charge in [0.15, 0.2) is 0 Å². The van der Waals surface area contributed by atoms with E-state index in [9.17, 15) is 13.2 Å². The van der Waals surface area contributed by atoms with E-state index in [1.165, 1.54) is 24.8 Å². The Balaban J connectivity index is 1.42. The topological polar surface area (TPSA) is 75.3 Å². The Morgan fingerprint density at radius 2 is 1.60 bits per heavy atom. The van der Waals surface area contributed by atoms with E-state index in [1.54, 1.807) is 18.2 Å². The van der Waals surface area contributed by atoms with Gasteiger partial charge in [0.25, 0.3) is 0 Å². The molecule has 4 bridgehead atoms. The van der Waals surface area contributed by atoms with Crippen molar-refractivity contribution in [1.29, 1.82) is 0 Å². The van der Waals surface area contributed by atoms with Crippen LogP contribution in [0, 0.1) is 17.3 Å². The van der Waals surface area contributed by atoms with Gasteiger partial charge in [-0.3, -0.25) is 9.52 Å². The lowest BCUT2D eigenvalue weighted by Crippen LogP contribution is -2.57. The molecule has 6 heteroatoms. The van der Waals surface area contributed by atoms with Crippen LogP contribution in [0.1, 0.15) is 44.1 Å². The summed E-state index contributed by atoms with van der Waals surface area (Å²) in [5, 5.41) is 3.12. The van der Waals surface area contributed by atoms with Gasteiger partial charge < -0.3 is 5.32 Å². The Morgan fingerprint density at radius 3 is 2.27 bits per heavy atom. The average Bonchev–Trinajstić information content (AvgIpc) is 2.67. The second-order valence-corrected chi connectivity index (χ2v) is 11.5. The fourth-order valence-electron chi connectivity index (χ4n) is 6.80. The highest BCUT2D eigenvalue weighted by Crippen LogP contribution is 2.65. The summed E-state index contributed by atoms with van der Waals surface area (Å²) >= 11 is 0. The van der Waals surface area contributed by atoms with Crippen LogP contribution in [0.25, 0.3) is 0 Å². The van der Waals surface area contributed by atoms with Crippen molar-refractivity contribution in [3.8, 4) is 0 Å². The molecule has 0 spiro atoms. The van der Waals surface area contributed by atoms with Crippen molar-refractivity contribution >= 4 is 27.3 Å². The average molecular weight is 425 g/mol. The molecule has 4 saturated carbocycles. The van der Waals surface area contributed by atoms with Crippen LogP contribution in [0.2, 0.25) is 0 Å². The highest BCUT2D eigenvalue weighted by atomic mass is 32.2. The zero-order chi connectivity index (χ0) is 21.0. The molecule has 2 unspecified atom stereocenters. The van der Waals surface area contributed by atoms with Crippen molar-refractivity contribution in [2.75, 3.05) is 16.3 Å². The van der Waals surface area contributed by atoms with Crippen LogP contribution in [-0.4, -0.2) is 20.6 Å². The Kier molecular flexibility index (Phi) is 4.47. The molecule has 158 valence electrons. The third-order valence-corrected chi connectivity index (χ3v) is 7.96. The van der Waals surface area contributed by atoms with E-state index in [0.717, 1.165) is 25.5 Å². The van der Waals surface area contributed by atoms with Crippen molar-refractivity contribution in [2.45, 2.75) is 43.9 Å². The van der Waals surface area contributed by atoms with Gasteiger partial charge in [-0.1, -0.05) is 36.4 Å². The van der Waals surface area contributed by atoms with E-state index < -0.39 is 10.0 Å². The lowest BCUT2D eigenvalue weighted by Gasteiger charge is -2.61. The summed E-state index contributed by atoms with van der Waals surface area (Å²) in [5.41, 5.74) is 2.26. The predicted molar refractivity (Wildman–Crippen MR) is 119 cm³/mol. The molecule has 30 heavy (non-hydrogen) atoms. The van der Waals surface area contributed by atoms with Gasteiger partial charge in [-0.05, 0) is 79.5 Å². The number of hydrogen-bond donors (Lipinski definition) is 2. The van der Waals surface area contributed by atoms with Crippen LogP contribution < -0.4 is 10.0 Å². The molecular weight excluding hydrogens is 396 g/mol. The van der Waals surface area contributed by atoms with E-state index in [4.69, 9.17) is 0 Å². The van der Waals surface area contributed by atoms with E-state index in [1.807, 2.05) is 6.07 Å². The second-order valence-electron chi connectivity index (χ2n) is 9.80. The standard InChI is InChI=1S/C24H28N2O3S/c1-30(28,29)26-21-9-5-8-20(11-21)25-22(27)24-14-17-10-18(15-24)13-23(12-17,16-24)19-6-3-2-4-7-19/h2-9,11,17-18,26H,10,12-16H2,1H3,(H,25,27)/t17-,18+,23?,24?. The van der Waals surface area contributed by atoms with E-state index in [2.05, 4.69) is 40.4 Å². The van der Waals surface area contributed by atoms with Crippen LogP contribution in [0.15, 0.2) is 54.6 Å². The van der Waals surface area contributed by atoms with Gasteiger partial charge in [0.05, 0.1) is 17.4 Å². The Bertz CT molecular complexity index is 1070. The van der Waals surface area contributed by atoms with E-state index >= 15 is 0 Å². The predicted octanol–water partition coefficient (Wildman–Crippen LogP) is 4.53. The number of rotatable bonds is 5. The number of nitrogens with one attached hydrogen (secondary N) is 2. The molecule has 4 aliphatic rings. The maximum atomic E-state index is 13.6. The summed E-state index contributed by atoms with van der Waals surface area (Å²) in [4.78, 5) is 13.6. The van der Waals surface area contributed by atoms with E-state index in [-0.39, 0.29) is 16.7 Å². The SMILES string of the molecule is CS(=O)(=O)Nc1cccc(NC(=O)C23C[C@H]4C[C@@H](C2)CC(c2ccccc2)(C4)C3)c1. The minimum Gasteiger partial charge on any atom is -0.326 e. The normalized spacial score (nSPS) is 32.0. The summed E-state index contributed by atoms with van der Waals surface area (Å²) in [7, 11) is -3.36. The Labute approximate surface area is 178 Å². The molecular formula is C24H28N2O3S. The summed E-state index contributed by atoms with van der Waals surface area (Å²) in [6.07, 6.45) is 7.58. The first-order valence-electron chi connectivity index (χ1n) is 10.7. The first-order chi connectivity index (χ1) is 14.3. The monoisotopic (exact) mass is 424 g/mol. The molecule has 5 nitrogen and oxygen atoms in total. The molecule has 4 atom stereocenters. The maximum absolute atomic E-state index is 13.6. The summed E-state index contributed by atoms with van der Waals surface area (Å²) in [5.74, 6) is 1.30. The smallest absolute Gasteiger partial charge is 0.230 e. The number of carbonyl (C=O) groups excluding carboxylic acids is 1. The molecule has 0 heterocycles. The van der Waals surface area contributed by atoms with Crippen LogP contribution in [-0.2, 0) is 20.2 Å². The molecule has 2 aromatic carbocycles. The minimum absolute atomic E-state index is 0.0911. The number of carbonyl (C=O) groups is 1. The molecule has 6 rings (SSSR count). The fraction of sp³-hybridized carbons (Fsp3) is 0.458. The molecule has 0 saturated heterocycles. The number of amides is 1. The molecule has 0 aliphatic heterocycles. The van der Waals surface area contributed by atoms with Crippen LogP contribution in [0.3, 0.4) is 0 Å². The zero-order valence-electron chi connectivity index (χ0n) is 17.2. The minimum atomic E-state index is -3.36. The highest BCUT2D eigenvalue weighted by Gasteiger charge is 2.60. The van der Waals surface area contributed by atoms with Crippen LogP contribution in [0.5, 0.6) is 0 Å². The highest BCUT2D eigenvalue weighted by molar-refractivity contribution is 7.92. The third-order valence-electron chi connectivity index (χ3n) is 7.35. The molecule has 2 N–H and O–H groups in total. The maximum Gasteiger partial charge on any atom is 0.230 e. The van der Waals surface area contributed by atoms with Crippen LogP contribution >= 0.6 is 0 Å². The number of anilines is 2. The van der Waals surface area contributed by atoms with Gasteiger partial charge in [0, 0.05) is 5.69 Å². The summed E-state index contributed by atoms with van der Waals surface area (Å²) in [6.45, 7) is 0. The molecule has 1 amide bonds. The molecule has 2 aromatic rings. The summed E-state index contributed by atoms with van der Waals surface area (Å²) in [6, 6.07) is 17.7. The second kappa shape index (κ2) is 6.84. The van der Waals surface area contributed by atoms with Gasteiger partial charge in [-0.25, -0.2) is 8.42 Å². The van der Waals surface area contributed by atoms with Crippen molar-refractivity contribution in [3.05, 3.63) is 60.2 Å². The van der Waals surface area contributed by atoms with Gasteiger partial charge in [0.2, 0.25) is 15.9 Å². The Morgan fingerprint density at radius 1 is 0.933 bits per heavy atom. The summed E-state index contributed by atoms with van der Waals surface area (Å²) < 4.78 is 25.5. The number of benzene rings is 2. The van der Waals surface area contributed by atoms with Crippen LogP contribution in [0.4, 0.5) is 11.4 Å². The molecule has 0 radical (unpaired) electrons. The fourth-order valence-corrected chi connectivity index (χ4v) is 7.35. The van der Waals surface area contributed by atoms with Gasteiger partial charge in [-0.2, -0.15) is 0 Å². The number of hydrogen-bond acceptors (Lipinski definition) is 3. The lowest BCUT2D eigenvalue weighted by atomic mass is 9.42. The van der Waals surface area contributed by atoms with Gasteiger partial charge in [-0.15, -0.1) is 0 Å². The van der Waals surface area contributed by atoms with E-state index in [0.29, 0.717) is 23.2 Å². The first-order valence-corrected chi connectivity index (χ1v) is 12.6. The lowest BCUT2D eigenvalue weighted by molar-refractivity contribution is -0.143. The quantitative estimate of drug-likeness (QED) is 0.740. The largest absolute Gasteiger partial charge is 0.326 e. The van der Waals surface area contributed by atoms with Crippen molar-refractivity contribution < 1.29 is 13.2 Å².